The van der Waals surface area contributed by atoms with E-state index in [2.05, 4.69) is 185 Å². The van der Waals surface area contributed by atoms with Crippen LogP contribution >= 0.6 is 0 Å². The second-order valence-corrected chi connectivity index (χ2v) is 23.1. The zero-order valence-corrected chi connectivity index (χ0v) is 34.4. The fourth-order valence-electron chi connectivity index (χ4n) is 9.08. The predicted octanol–water partition coefficient (Wildman–Crippen LogP) is 11.3. The van der Waals surface area contributed by atoms with Crippen molar-refractivity contribution < 1.29 is 8.78 Å². The molecule has 0 bridgehead atoms. The van der Waals surface area contributed by atoms with Crippen LogP contribution in [0.5, 0.6) is 0 Å². The Kier molecular flexibility index (Phi) is 9.63. The van der Waals surface area contributed by atoms with Crippen molar-refractivity contribution in [2.75, 3.05) is 4.90 Å². The van der Waals surface area contributed by atoms with Gasteiger partial charge in [-0.05, 0) is 30.3 Å². The summed E-state index contributed by atoms with van der Waals surface area (Å²) < 4.78 is 36.1. The zero-order valence-electron chi connectivity index (χ0n) is 32.3. The molecule has 1 unspecified atom stereocenters. The van der Waals surface area contributed by atoms with Crippen LogP contribution in [0.15, 0.2) is 230 Å². The Labute approximate surface area is 346 Å². The number of halogens is 2. The molecule has 9 aromatic rings. The first kappa shape index (κ1) is 36.6. The van der Waals surface area contributed by atoms with E-state index in [0.717, 1.165) is 50.0 Å². The topological polar surface area (TPSA) is 8.17 Å². The molecule has 1 aliphatic rings. The second-order valence-electron chi connectivity index (χ2n) is 15.1. The Balaban J connectivity index is 1.04. The maximum absolute atomic E-state index is 14.4. The van der Waals surface area contributed by atoms with Crippen LogP contribution in [-0.4, -0.2) is 23.9 Å². The standard InChI is InChI=1S/C54H40F2GeN2/c55-41-24-32-48(33-25-41)58(50-36-37-54-52(38-50)51-18-10-11-19-53(51)59(54)49-34-26-42(56)27-35-49)47-30-22-40(23-31-47)39-20-28-46(29-21-39)57(43-12-4-1-5-13-43,44-14-6-2-7-15-44)45-16-8-3-9-17-45/h1-32,34-38,48H,33H2. The Morgan fingerprint density at radius 2 is 0.983 bits per heavy atom. The summed E-state index contributed by atoms with van der Waals surface area (Å²) in [5.74, 6) is -0.474. The SMILES string of the molecule is FC1=CCC(N(c2ccc(-c3cc[c]([Ge]([c]4ccccc4)([c]4ccccc4)[c]4ccccc4)cc3)cc2)c2ccc3c(c2)c2ccccc2n3-c2ccc(F)cc2)C=C1. The van der Waals surface area contributed by atoms with E-state index in [1.54, 1.807) is 12.2 Å². The van der Waals surface area contributed by atoms with E-state index in [4.69, 9.17) is 0 Å². The molecule has 0 fully saturated rings. The van der Waals surface area contributed by atoms with Gasteiger partial charge in [-0.15, -0.1) is 0 Å². The van der Waals surface area contributed by atoms with Crippen molar-refractivity contribution in [2.24, 2.45) is 0 Å². The van der Waals surface area contributed by atoms with Crippen molar-refractivity contribution in [3.63, 3.8) is 0 Å². The van der Waals surface area contributed by atoms with E-state index >= 15 is 0 Å². The van der Waals surface area contributed by atoms with E-state index in [0.29, 0.717) is 6.42 Å². The van der Waals surface area contributed by atoms with Crippen molar-refractivity contribution >= 4 is 64.0 Å². The number of rotatable bonds is 9. The van der Waals surface area contributed by atoms with Crippen LogP contribution in [0.3, 0.4) is 0 Å². The summed E-state index contributed by atoms with van der Waals surface area (Å²) >= 11 is -3.37. The summed E-state index contributed by atoms with van der Waals surface area (Å²) in [6, 6.07) is 72.6. The summed E-state index contributed by atoms with van der Waals surface area (Å²) in [7, 11) is 0. The van der Waals surface area contributed by atoms with Gasteiger partial charge in [0.1, 0.15) is 11.6 Å². The first-order valence-electron chi connectivity index (χ1n) is 20.1. The molecule has 0 aliphatic heterocycles. The monoisotopic (exact) mass is 828 g/mol. The number of fused-ring (bicyclic) bond motifs is 3. The fraction of sp³-hybridized carbons (Fsp3) is 0.0370. The van der Waals surface area contributed by atoms with Gasteiger partial charge in [0.15, 0.2) is 0 Å². The molecule has 8 aromatic carbocycles. The van der Waals surface area contributed by atoms with Crippen LogP contribution < -0.4 is 22.5 Å². The molecule has 0 saturated carbocycles. The number of aromatic nitrogens is 1. The average molecular weight is 828 g/mol. The Morgan fingerprint density at radius 1 is 0.475 bits per heavy atom. The third-order valence-electron chi connectivity index (χ3n) is 11.8. The van der Waals surface area contributed by atoms with Crippen molar-refractivity contribution in [2.45, 2.75) is 12.5 Å². The molecule has 0 radical (unpaired) electrons. The van der Waals surface area contributed by atoms with Crippen LogP contribution in [-0.2, 0) is 0 Å². The molecular weight excluding hydrogens is 787 g/mol. The van der Waals surface area contributed by atoms with Gasteiger partial charge in [-0.1, -0.05) is 18.2 Å². The van der Waals surface area contributed by atoms with Crippen LogP contribution in [0.1, 0.15) is 6.42 Å². The summed E-state index contributed by atoms with van der Waals surface area (Å²) in [5, 5.41) is 2.20. The molecule has 0 saturated heterocycles. The summed E-state index contributed by atoms with van der Waals surface area (Å²) in [5.41, 5.74) is 7.28. The Bertz CT molecular complexity index is 2860. The minimum atomic E-state index is -3.37. The van der Waals surface area contributed by atoms with Gasteiger partial charge in [-0.2, -0.15) is 0 Å². The second kappa shape index (κ2) is 15.5. The summed E-state index contributed by atoms with van der Waals surface area (Å²) in [4.78, 5) is 2.30. The molecule has 59 heavy (non-hydrogen) atoms. The van der Waals surface area contributed by atoms with E-state index in [1.165, 1.54) is 29.7 Å². The molecule has 10 rings (SSSR count). The number of benzene rings is 8. The number of hydrogen-bond donors (Lipinski definition) is 0. The van der Waals surface area contributed by atoms with Crippen molar-refractivity contribution in [3.8, 4) is 16.8 Å². The predicted molar refractivity (Wildman–Crippen MR) is 245 cm³/mol. The fourth-order valence-corrected chi connectivity index (χ4v) is 19.0. The molecule has 1 heterocycles. The van der Waals surface area contributed by atoms with Crippen molar-refractivity contribution in [1.82, 2.24) is 4.57 Å². The summed E-state index contributed by atoms with van der Waals surface area (Å²) in [6.45, 7) is 0. The maximum atomic E-state index is 14.4. The van der Waals surface area contributed by atoms with Gasteiger partial charge in [-0.3, -0.25) is 0 Å². The normalized spacial score (nSPS) is 14.1. The van der Waals surface area contributed by atoms with Gasteiger partial charge >= 0.3 is 252 Å². The van der Waals surface area contributed by atoms with Gasteiger partial charge in [-0.25, -0.2) is 8.78 Å². The van der Waals surface area contributed by atoms with Crippen molar-refractivity contribution in [3.05, 3.63) is 236 Å². The molecule has 2 nitrogen and oxygen atoms in total. The zero-order chi connectivity index (χ0) is 39.8. The molecule has 0 N–H and O–H groups in total. The molecule has 1 aromatic heterocycles. The molecule has 0 spiro atoms. The van der Waals surface area contributed by atoms with E-state index in [1.807, 2.05) is 24.3 Å². The Hall–Kier alpha value is -6.76. The number of allylic oxidation sites excluding steroid dienone is 2. The summed E-state index contributed by atoms with van der Waals surface area (Å²) in [6.07, 6.45) is 5.73. The molecule has 1 atom stereocenters. The molecule has 1 aliphatic carbocycles. The van der Waals surface area contributed by atoms with Gasteiger partial charge in [0.2, 0.25) is 0 Å². The van der Waals surface area contributed by atoms with Gasteiger partial charge < -0.3 is 4.57 Å². The van der Waals surface area contributed by atoms with Crippen LogP contribution in [0, 0.1) is 5.82 Å². The van der Waals surface area contributed by atoms with E-state index in [9.17, 15) is 8.78 Å². The van der Waals surface area contributed by atoms with E-state index < -0.39 is 13.3 Å². The number of para-hydroxylation sites is 1. The third kappa shape index (κ3) is 6.60. The number of nitrogens with zero attached hydrogens (tertiary/aromatic N) is 2. The van der Waals surface area contributed by atoms with Crippen molar-refractivity contribution in [1.29, 1.82) is 0 Å². The van der Waals surface area contributed by atoms with Crippen LogP contribution in [0.2, 0.25) is 0 Å². The van der Waals surface area contributed by atoms with E-state index in [-0.39, 0.29) is 17.7 Å². The molecule has 0 amide bonds. The molecule has 284 valence electrons. The number of hydrogen-bond acceptors (Lipinski definition) is 1. The minimum absolute atomic E-state index is 0.0868. The third-order valence-corrected chi connectivity index (χ3v) is 21.9. The van der Waals surface area contributed by atoms with Crippen LogP contribution in [0.25, 0.3) is 38.6 Å². The first-order valence-corrected chi connectivity index (χ1v) is 24.3. The average Bonchev–Trinajstić information content (AvgIpc) is 3.63. The van der Waals surface area contributed by atoms with Gasteiger partial charge in [0, 0.05) is 11.1 Å². The molecular formula is C54H40F2GeN2. The van der Waals surface area contributed by atoms with Crippen LogP contribution in [0.4, 0.5) is 20.2 Å². The number of anilines is 2. The molecule has 5 heteroatoms. The quantitative estimate of drug-likeness (QED) is 0.132. The Morgan fingerprint density at radius 3 is 1.56 bits per heavy atom. The van der Waals surface area contributed by atoms with Gasteiger partial charge in [0.05, 0.1) is 11.0 Å². The van der Waals surface area contributed by atoms with Gasteiger partial charge in [0.25, 0.3) is 0 Å². The first-order chi connectivity index (χ1) is 29.1.